The van der Waals surface area contributed by atoms with E-state index in [2.05, 4.69) is 21.2 Å². The SMILES string of the molecule is Clc1ccc(CNCc2cc(Br)c(Cl)s2)cc1. The van der Waals surface area contributed by atoms with Gasteiger partial charge in [0.2, 0.25) is 0 Å². The molecule has 1 heterocycles. The van der Waals surface area contributed by atoms with Gasteiger partial charge in [-0.3, -0.25) is 0 Å². The minimum absolute atomic E-state index is 0.766. The molecule has 2 aromatic rings. The molecular formula is C12H10BrCl2NS. The van der Waals surface area contributed by atoms with Gasteiger partial charge in [-0.2, -0.15) is 0 Å². The van der Waals surface area contributed by atoms with Crippen LogP contribution in [0.25, 0.3) is 0 Å². The number of halogens is 3. The van der Waals surface area contributed by atoms with E-state index >= 15 is 0 Å². The second-order valence-electron chi connectivity index (χ2n) is 3.56. The molecule has 0 aliphatic carbocycles. The fourth-order valence-electron chi connectivity index (χ4n) is 1.41. The molecule has 0 atom stereocenters. The van der Waals surface area contributed by atoms with Crippen LogP contribution in [0, 0.1) is 0 Å². The normalized spacial score (nSPS) is 10.8. The Balaban J connectivity index is 1.85. The molecule has 0 radical (unpaired) electrons. The van der Waals surface area contributed by atoms with Gasteiger partial charge in [0.1, 0.15) is 4.34 Å². The largest absolute Gasteiger partial charge is 0.308 e. The van der Waals surface area contributed by atoms with Crippen molar-refractivity contribution in [3.63, 3.8) is 0 Å². The molecule has 0 aliphatic heterocycles. The number of nitrogens with one attached hydrogen (secondary N) is 1. The molecule has 2 rings (SSSR count). The molecule has 17 heavy (non-hydrogen) atoms. The molecule has 0 fully saturated rings. The summed E-state index contributed by atoms with van der Waals surface area (Å²) in [5, 5.41) is 4.13. The zero-order valence-electron chi connectivity index (χ0n) is 8.84. The van der Waals surface area contributed by atoms with Crippen molar-refractivity contribution in [1.29, 1.82) is 0 Å². The summed E-state index contributed by atoms with van der Waals surface area (Å²) < 4.78 is 1.76. The maximum absolute atomic E-state index is 5.97. The molecule has 1 aromatic heterocycles. The smallest absolute Gasteiger partial charge is 0.107 e. The van der Waals surface area contributed by atoms with Crippen molar-refractivity contribution in [2.45, 2.75) is 13.1 Å². The Hall–Kier alpha value is -0.0600. The summed E-state index contributed by atoms with van der Waals surface area (Å²) in [5.74, 6) is 0. The Kier molecular flexibility index (Phi) is 4.88. The molecule has 0 saturated carbocycles. The average molecular weight is 351 g/mol. The van der Waals surface area contributed by atoms with Gasteiger partial charge in [0.15, 0.2) is 0 Å². The van der Waals surface area contributed by atoms with Gasteiger partial charge in [-0.1, -0.05) is 35.3 Å². The molecule has 5 heteroatoms. The number of rotatable bonds is 4. The highest BCUT2D eigenvalue weighted by Crippen LogP contribution is 2.31. The summed E-state index contributed by atoms with van der Waals surface area (Å²) in [5.41, 5.74) is 1.22. The van der Waals surface area contributed by atoms with Crippen molar-refractivity contribution in [3.8, 4) is 0 Å². The Bertz CT molecular complexity index is 476. The highest BCUT2D eigenvalue weighted by molar-refractivity contribution is 9.10. The van der Waals surface area contributed by atoms with Crippen LogP contribution in [0.4, 0.5) is 0 Å². The van der Waals surface area contributed by atoms with Crippen molar-refractivity contribution in [1.82, 2.24) is 5.32 Å². The van der Waals surface area contributed by atoms with Crippen molar-refractivity contribution in [2.24, 2.45) is 0 Å². The molecule has 0 amide bonds. The lowest BCUT2D eigenvalue weighted by atomic mass is 10.2. The van der Waals surface area contributed by atoms with Gasteiger partial charge in [0.05, 0.1) is 0 Å². The number of benzene rings is 1. The van der Waals surface area contributed by atoms with Crippen LogP contribution in [-0.4, -0.2) is 0 Å². The van der Waals surface area contributed by atoms with Crippen LogP contribution in [0.2, 0.25) is 9.36 Å². The van der Waals surface area contributed by atoms with Crippen molar-refractivity contribution < 1.29 is 0 Å². The predicted molar refractivity (Wildman–Crippen MR) is 79.0 cm³/mol. The topological polar surface area (TPSA) is 12.0 Å². The molecule has 0 aliphatic rings. The van der Waals surface area contributed by atoms with Crippen LogP contribution in [-0.2, 0) is 13.1 Å². The lowest BCUT2D eigenvalue weighted by molar-refractivity contribution is 0.701. The lowest BCUT2D eigenvalue weighted by Crippen LogP contribution is -2.11. The molecule has 1 N–H and O–H groups in total. The minimum atomic E-state index is 0.766. The zero-order chi connectivity index (χ0) is 12.3. The molecular weight excluding hydrogens is 341 g/mol. The van der Waals surface area contributed by atoms with E-state index in [9.17, 15) is 0 Å². The zero-order valence-corrected chi connectivity index (χ0v) is 12.8. The highest BCUT2D eigenvalue weighted by atomic mass is 79.9. The third kappa shape index (κ3) is 3.97. The summed E-state index contributed by atoms with van der Waals surface area (Å²) in [4.78, 5) is 1.22. The molecule has 0 saturated heterocycles. The van der Waals surface area contributed by atoms with Gasteiger partial charge < -0.3 is 5.32 Å². The number of thiophene rings is 1. The average Bonchev–Trinajstić information content (AvgIpc) is 2.61. The first kappa shape index (κ1) is 13.4. The molecule has 0 bridgehead atoms. The van der Waals surface area contributed by atoms with E-state index in [4.69, 9.17) is 23.2 Å². The molecule has 0 spiro atoms. The van der Waals surface area contributed by atoms with Crippen LogP contribution in [0.5, 0.6) is 0 Å². The summed E-state index contributed by atoms with van der Waals surface area (Å²) in [6.07, 6.45) is 0. The van der Waals surface area contributed by atoms with Crippen molar-refractivity contribution >= 4 is 50.5 Å². The van der Waals surface area contributed by atoms with Gasteiger partial charge in [-0.05, 0) is 39.7 Å². The fourth-order valence-corrected chi connectivity index (χ4v) is 3.30. The molecule has 90 valence electrons. The van der Waals surface area contributed by atoms with Gasteiger partial charge in [0, 0.05) is 27.5 Å². The number of hydrogen-bond donors (Lipinski definition) is 1. The monoisotopic (exact) mass is 349 g/mol. The second kappa shape index (κ2) is 6.21. The first-order chi connectivity index (χ1) is 8.15. The first-order valence-electron chi connectivity index (χ1n) is 5.04. The fraction of sp³-hybridized carbons (Fsp3) is 0.167. The highest BCUT2D eigenvalue weighted by Gasteiger charge is 2.03. The van der Waals surface area contributed by atoms with E-state index in [0.29, 0.717) is 0 Å². The molecule has 0 unspecified atom stereocenters. The Labute approximate surface area is 123 Å². The van der Waals surface area contributed by atoms with Crippen LogP contribution >= 0.6 is 50.5 Å². The van der Waals surface area contributed by atoms with Gasteiger partial charge in [-0.25, -0.2) is 0 Å². The number of hydrogen-bond acceptors (Lipinski definition) is 2. The molecule has 1 aromatic carbocycles. The van der Waals surface area contributed by atoms with Gasteiger partial charge in [0.25, 0.3) is 0 Å². The van der Waals surface area contributed by atoms with Gasteiger partial charge >= 0.3 is 0 Å². The van der Waals surface area contributed by atoms with Crippen LogP contribution in [0.3, 0.4) is 0 Å². The van der Waals surface area contributed by atoms with E-state index in [1.165, 1.54) is 10.4 Å². The van der Waals surface area contributed by atoms with E-state index in [1.54, 1.807) is 11.3 Å². The van der Waals surface area contributed by atoms with Gasteiger partial charge in [-0.15, -0.1) is 11.3 Å². The quantitative estimate of drug-likeness (QED) is 0.808. The standard InChI is InChI=1S/C12H10BrCl2NS/c13-11-5-10(17-12(11)15)7-16-6-8-1-3-9(14)4-2-8/h1-5,16H,6-7H2. The second-order valence-corrected chi connectivity index (χ2v) is 6.59. The summed E-state index contributed by atoms with van der Waals surface area (Å²) >= 11 is 16.8. The Morgan fingerprint density at radius 1 is 1.12 bits per heavy atom. The lowest BCUT2D eigenvalue weighted by Gasteiger charge is -2.03. The molecule has 1 nitrogen and oxygen atoms in total. The van der Waals surface area contributed by atoms with Crippen LogP contribution in [0.15, 0.2) is 34.8 Å². The first-order valence-corrected chi connectivity index (χ1v) is 7.40. The summed E-state index contributed by atoms with van der Waals surface area (Å²) in [7, 11) is 0. The third-order valence-electron chi connectivity index (χ3n) is 2.24. The maximum Gasteiger partial charge on any atom is 0.107 e. The van der Waals surface area contributed by atoms with E-state index in [1.807, 2.05) is 30.3 Å². The van der Waals surface area contributed by atoms with E-state index < -0.39 is 0 Å². The van der Waals surface area contributed by atoms with E-state index in [0.717, 1.165) is 26.9 Å². The Morgan fingerprint density at radius 3 is 2.41 bits per heavy atom. The Morgan fingerprint density at radius 2 is 1.82 bits per heavy atom. The predicted octanol–water partition coefficient (Wildman–Crippen LogP) is 5.11. The van der Waals surface area contributed by atoms with E-state index in [-0.39, 0.29) is 0 Å². The van der Waals surface area contributed by atoms with Crippen molar-refractivity contribution in [2.75, 3.05) is 0 Å². The van der Waals surface area contributed by atoms with Crippen LogP contribution < -0.4 is 5.32 Å². The maximum atomic E-state index is 5.97. The summed E-state index contributed by atoms with van der Waals surface area (Å²) in [6, 6.07) is 9.88. The summed E-state index contributed by atoms with van der Waals surface area (Å²) in [6.45, 7) is 1.64. The third-order valence-corrected chi connectivity index (χ3v) is 4.96. The minimum Gasteiger partial charge on any atom is -0.308 e. The van der Waals surface area contributed by atoms with Crippen molar-refractivity contribution in [3.05, 3.63) is 54.6 Å². The van der Waals surface area contributed by atoms with Crippen LogP contribution in [0.1, 0.15) is 10.4 Å².